The van der Waals surface area contributed by atoms with E-state index in [1.54, 1.807) is 6.20 Å². The molecule has 0 radical (unpaired) electrons. The number of amides is 1. The summed E-state index contributed by atoms with van der Waals surface area (Å²) in [6.45, 7) is 0.791. The average molecular weight is 653 g/mol. The quantitative estimate of drug-likeness (QED) is 0.178. The molecule has 0 aliphatic heterocycles. The molecule has 0 bridgehead atoms. The van der Waals surface area contributed by atoms with Gasteiger partial charge in [-0.05, 0) is 72.1 Å². The van der Waals surface area contributed by atoms with E-state index in [4.69, 9.17) is 9.90 Å². The third kappa shape index (κ3) is 8.68. The summed E-state index contributed by atoms with van der Waals surface area (Å²) in [6, 6.07) is 30.4. The zero-order chi connectivity index (χ0) is 31.0. The number of pyridine rings is 1. The predicted octanol–water partition coefficient (Wildman–Crippen LogP) is 7.82. The highest BCUT2D eigenvalue weighted by atomic mass is 79.9. The summed E-state index contributed by atoms with van der Waals surface area (Å²) in [4.78, 5) is 28.0. The Morgan fingerprint density at radius 2 is 1.60 bits per heavy atom. The number of nitrogens with zero attached hydrogens (tertiary/aromatic N) is 3. The van der Waals surface area contributed by atoms with Crippen LogP contribution in [0.1, 0.15) is 17.5 Å². The van der Waals surface area contributed by atoms with E-state index in [0.717, 1.165) is 28.2 Å². The zero-order valence-corrected chi connectivity index (χ0v) is 24.6. The summed E-state index contributed by atoms with van der Waals surface area (Å²) in [6.07, 6.45) is -0.0249. The van der Waals surface area contributed by atoms with Gasteiger partial charge < -0.3 is 19.9 Å². The molecule has 0 aliphatic carbocycles. The number of carboxylic acids is 1. The lowest BCUT2D eigenvalue weighted by Crippen LogP contribution is -2.21. The van der Waals surface area contributed by atoms with Gasteiger partial charge in [-0.25, -0.2) is 9.78 Å². The fraction of sp³-hybridized carbons (Fsp3) is 0.156. The third-order valence-corrected chi connectivity index (χ3v) is 7.06. The van der Waals surface area contributed by atoms with Gasteiger partial charge in [0.05, 0.1) is 0 Å². The van der Waals surface area contributed by atoms with E-state index in [1.165, 1.54) is 22.0 Å². The first-order chi connectivity index (χ1) is 20.5. The van der Waals surface area contributed by atoms with Gasteiger partial charge in [0, 0.05) is 59.2 Å². The number of hydrogen-bond acceptors (Lipinski definition) is 4. The number of nitrogens with one attached hydrogen (secondary N) is 1. The lowest BCUT2D eigenvalue weighted by Gasteiger charge is -2.18. The fourth-order valence-electron chi connectivity index (χ4n) is 4.36. The average Bonchev–Trinajstić information content (AvgIpc) is 3.34. The molecule has 2 heterocycles. The lowest BCUT2D eigenvalue weighted by molar-refractivity contribution is -0.192. The fourth-order valence-corrected chi connectivity index (χ4v) is 4.63. The maximum absolute atomic E-state index is 12.7. The Bertz CT molecular complexity index is 1670. The second kappa shape index (κ2) is 14.0. The molecule has 3 aromatic carbocycles. The molecule has 2 N–H and O–H groups in total. The van der Waals surface area contributed by atoms with Crippen LogP contribution in [0.25, 0.3) is 10.9 Å². The smallest absolute Gasteiger partial charge is 0.475 e. The molecule has 7 nitrogen and oxygen atoms in total. The van der Waals surface area contributed by atoms with Crippen LogP contribution in [0.2, 0.25) is 0 Å². The number of aryl methyl sites for hydroxylation is 1. The Hall–Kier alpha value is -4.64. The Morgan fingerprint density at radius 3 is 2.23 bits per heavy atom. The number of alkyl halides is 3. The number of aromatic nitrogens is 2. The summed E-state index contributed by atoms with van der Waals surface area (Å²) in [5.41, 5.74) is 5.40. The van der Waals surface area contributed by atoms with Crippen molar-refractivity contribution >= 4 is 55.9 Å². The Morgan fingerprint density at radius 1 is 0.953 bits per heavy atom. The molecule has 11 heteroatoms. The first-order valence-electron chi connectivity index (χ1n) is 13.2. The van der Waals surface area contributed by atoms with Crippen molar-refractivity contribution < 1.29 is 27.9 Å². The van der Waals surface area contributed by atoms with E-state index in [0.29, 0.717) is 12.8 Å². The highest BCUT2D eigenvalue weighted by molar-refractivity contribution is 9.10. The summed E-state index contributed by atoms with van der Waals surface area (Å²) < 4.78 is 35.1. The number of hydrogen-bond donors (Lipinski definition) is 2. The van der Waals surface area contributed by atoms with Crippen molar-refractivity contribution in [3.63, 3.8) is 0 Å². The van der Waals surface area contributed by atoms with E-state index < -0.39 is 12.1 Å². The summed E-state index contributed by atoms with van der Waals surface area (Å²) in [5, 5.41) is 11.4. The predicted molar refractivity (Wildman–Crippen MR) is 165 cm³/mol. The lowest BCUT2D eigenvalue weighted by atomic mass is 10.1. The number of para-hydroxylation sites is 1. The highest BCUT2D eigenvalue weighted by Gasteiger charge is 2.38. The van der Waals surface area contributed by atoms with Gasteiger partial charge in [0.1, 0.15) is 5.82 Å². The van der Waals surface area contributed by atoms with Crippen LogP contribution in [0.15, 0.2) is 108 Å². The molecular formula is C32H28BrF3N4O3. The van der Waals surface area contributed by atoms with Crippen molar-refractivity contribution in [3.8, 4) is 0 Å². The van der Waals surface area contributed by atoms with E-state index >= 15 is 0 Å². The number of aliphatic carboxylic acids is 1. The molecule has 0 saturated heterocycles. The Kier molecular flexibility index (Phi) is 10.2. The number of benzene rings is 3. The molecule has 0 fully saturated rings. The minimum absolute atomic E-state index is 0.00516. The number of fused-ring (bicyclic) bond motifs is 1. The van der Waals surface area contributed by atoms with Gasteiger partial charge in [-0.2, -0.15) is 13.2 Å². The normalized spacial score (nSPS) is 11.0. The van der Waals surface area contributed by atoms with Crippen LogP contribution < -0.4 is 10.2 Å². The maximum atomic E-state index is 12.7. The van der Waals surface area contributed by atoms with Crippen LogP contribution in [-0.2, 0) is 22.6 Å². The number of anilines is 3. The summed E-state index contributed by atoms with van der Waals surface area (Å²) in [5.74, 6) is -1.88. The van der Waals surface area contributed by atoms with Crippen molar-refractivity contribution in [1.82, 2.24) is 9.55 Å². The van der Waals surface area contributed by atoms with Crippen LogP contribution in [0.4, 0.5) is 30.4 Å². The van der Waals surface area contributed by atoms with Crippen molar-refractivity contribution in [1.29, 1.82) is 0 Å². The molecule has 0 aliphatic rings. The Balaban J connectivity index is 0.000000541. The van der Waals surface area contributed by atoms with E-state index in [-0.39, 0.29) is 5.91 Å². The van der Waals surface area contributed by atoms with Crippen LogP contribution >= 0.6 is 15.9 Å². The van der Waals surface area contributed by atoms with Gasteiger partial charge >= 0.3 is 12.1 Å². The number of carbonyl (C=O) groups excluding carboxylic acids is 1. The minimum atomic E-state index is -5.08. The molecule has 5 aromatic rings. The molecular weight excluding hydrogens is 625 g/mol. The molecule has 0 spiro atoms. The van der Waals surface area contributed by atoms with Crippen LogP contribution in [0.3, 0.4) is 0 Å². The standard InChI is InChI=1S/C30H27BrN4O.C2HF3O2/c1-34(29-8-4-5-19-32-29)26-16-14-25(15-17-26)33-30(36)18-11-23-21-35(28-7-3-2-6-27(23)28)20-22-9-12-24(31)13-10-22;3-2(4,5)1(6)7/h2-10,12-17,19,21H,11,18,20H2,1H3,(H,33,36);(H,6,7). The van der Waals surface area contributed by atoms with Gasteiger partial charge in [0.2, 0.25) is 5.91 Å². The third-order valence-electron chi connectivity index (χ3n) is 6.53. The SMILES string of the molecule is CN(c1ccc(NC(=O)CCc2cn(Cc3ccc(Br)cc3)c3ccccc23)cc1)c1ccccn1.O=C(O)C(F)(F)F. The van der Waals surface area contributed by atoms with Crippen molar-refractivity contribution in [2.75, 3.05) is 17.3 Å². The number of halogens is 4. The number of rotatable bonds is 8. The minimum Gasteiger partial charge on any atom is -0.475 e. The van der Waals surface area contributed by atoms with E-state index in [2.05, 4.69) is 85.5 Å². The van der Waals surface area contributed by atoms with Crippen molar-refractivity contribution in [2.24, 2.45) is 0 Å². The first kappa shape index (κ1) is 31.3. The van der Waals surface area contributed by atoms with E-state index in [9.17, 15) is 18.0 Å². The van der Waals surface area contributed by atoms with Crippen molar-refractivity contribution in [3.05, 3.63) is 119 Å². The van der Waals surface area contributed by atoms with Gasteiger partial charge in [0.25, 0.3) is 0 Å². The zero-order valence-electron chi connectivity index (χ0n) is 23.1. The largest absolute Gasteiger partial charge is 0.490 e. The van der Waals surface area contributed by atoms with Gasteiger partial charge in [-0.3, -0.25) is 4.79 Å². The molecule has 43 heavy (non-hydrogen) atoms. The number of carboxylic acid groups (broad SMARTS) is 1. The molecule has 1 amide bonds. The van der Waals surface area contributed by atoms with Gasteiger partial charge in [0.15, 0.2) is 0 Å². The van der Waals surface area contributed by atoms with Gasteiger partial charge in [-0.15, -0.1) is 0 Å². The molecule has 0 saturated carbocycles. The number of carbonyl (C=O) groups is 2. The molecule has 5 rings (SSSR count). The second-order valence-corrected chi connectivity index (χ2v) is 10.5. The van der Waals surface area contributed by atoms with Crippen LogP contribution in [0, 0.1) is 0 Å². The monoisotopic (exact) mass is 652 g/mol. The van der Waals surface area contributed by atoms with Gasteiger partial charge in [-0.1, -0.05) is 52.3 Å². The topological polar surface area (TPSA) is 87.5 Å². The first-order valence-corrected chi connectivity index (χ1v) is 14.0. The summed E-state index contributed by atoms with van der Waals surface area (Å²) in [7, 11) is 1.98. The highest BCUT2D eigenvalue weighted by Crippen LogP contribution is 2.25. The van der Waals surface area contributed by atoms with E-state index in [1.807, 2.05) is 54.4 Å². The maximum Gasteiger partial charge on any atom is 0.490 e. The van der Waals surface area contributed by atoms with Crippen LogP contribution in [-0.4, -0.2) is 39.8 Å². The molecule has 0 atom stereocenters. The van der Waals surface area contributed by atoms with Crippen LogP contribution in [0.5, 0.6) is 0 Å². The second-order valence-electron chi connectivity index (χ2n) is 9.57. The Labute approximate surface area is 254 Å². The van der Waals surface area contributed by atoms with Crippen molar-refractivity contribution in [2.45, 2.75) is 25.6 Å². The molecule has 2 aromatic heterocycles. The summed E-state index contributed by atoms with van der Waals surface area (Å²) >= 11 is 3.50. The molecule has 222 valence electrons. The molecule has 0 unspecified atom stereocenters.